The van der Waals surface area contributed by atoms with Gasteiger partial charge in [0.05, 0.1) is 11.9 Å². The van der Waals surface area contributed by atoms with E-state index < -0.39 is 5.25 Å². The van der Waals surface area contributed by atoms with Crippen LogP contribution in [-0.2, 0) is 10.2 Å². The first kappa shape index (κ1) is 21.9. The van der Waals surface area contributed by atoms with E-state index in [1.807, 2.05) is 43.3 Å². The minimum atomic E-state index is -0.395. The summed E-state index contributed by atoms with van der Waals surface area (Å²) in [5, 5.41) is 11.0. The molecule has 1 heterocycles. The zero-order valence-corrected chi connectivity index (χ0v) is 18.7. The van der Waals surface area contributed by atoms with E-state index in [9.17, 15) is 4.79 Å². The van der Waals surface area contributed by atoms with Crippen LogP contribution in [-0.4, -0.2) is 28.0 Å². The number of anilines is 1. The van der Waals surface area contributed by atoms with Gasteiger partial charge in [-0.1, -0.05) is 44.7 Å². The lowest BCUT2D eigenvalue weighted by Crippen LogP contribution is -2.22. The van der Waals surface area contributed by atoms with E-state index in [4.69, 9.17) is 9.15 Å². The van der Waals surface area contributed by atoms with E-state index in [1.165, 1.54) is 17.3 Å². The maximum Gasteiger partial charge on any atom is 0.277 e. The standard InChI is InChI=1S/C23H27N3O3S/c1-6-28-19-13-11-18(12-14-19)24-20(27)15(2)30-22-26-25-21(29-22)16-7-9-17(10-8-16)23(3,4)5/h7-15H,6H2,1-5H3,(H,24,27). The summed E-state index contributed by atoms with van der Waals surface area (Å²) in [6, 6.07) is 15.4. The van der Waals surface area contributed by atoms with Crippen molar-refractivity contribution in [3.63, 3.8) is 0 Å². The summed E-state index contributed by atoms with van der Waals surface area (Å²) in [6.45, 7) is 10.8. The van der Waals surface area contributed by atoms with Crippen molar-refractivity contribution in [2.24, 2.45) is 0 Å². The Morgan fingerprint density at radius 3 is 2.37 bits per heavy atom. The molecule has 0 saturated heterocycles. The molecular weight excluding hydrogens is 398 g/mol. The monoisotopic (exact) mass is 425 g/mol. The first-order valence-corrected chi connectivity index (χ1v) is 10.8. The first-order valence-electron chi connectivity index (χ1n) is 9.91. The Morgan fingerprint density at radius 2 is 1.77 bits per heavy atom. The molecule has 1 N–H and O–H groups in total. The fraction of sp³-hybridized carbons (Fsp3) is 0.348. The number of carbonyl (C=O) groups excluding carboxylic acids is 1. The quantitative estimate of drug-likeness (QED) is 0.500. The molecule has 0 radical (unpaired) electrons. The van der Waals surface area contributed by atoms with Crippen molar-refractivity contribution >= 4 is 23.4 Å². The number of carbonyl (C=O) groups is 1. The molecule has 1 aromatic heterocycles. The number of aromatic nitrogens is 2. The van der Waals surface area contributed by atoms with Gasteiger partial charge in [-0.25, -0.2) is 0 Å². The van der Waals surface area contributed by atoms with E-state index in [-0.39, 0.29) is 11.3 Å². The fourth-order valence-corrected chi connectivity index (χ4v) is 3.42. The molecule has 1 amide bonds. The molecule has 30 heavy (non-hydrogen) atoms. The van der Waals surface area contributed by atoms with Gasteiger partial charge in [0, 0.05) is 11.3 Å². The molecule has 0 aliphatic carbocycles. The summed E-state index contributed by atoms with van der Waals surface area (Å²) >= 11 is 1.23. The molecule has 0 spiro atoms. The van der Waals surface area contributed by atoms with Gasteiger partial charge in [0.1, 0.15) is 5.75 Å². The maximum absolute atomic E-state index is 12.5. The number of rotatable bonds is 7. The molecule has 7 heteroatoms. The van der Waals surface area contributed by atoms with Crippen LogP contribution in [0.4, 0.5) is 5.69 Å². The number of hydrogen-bond donors (Lipinski definition) is 1. The SMILES string of the molecule is CCOc1ccc(NC(=O)C(C)Sc2nnc(-c3ccc(C(C)(C)C)cc3)o2)cc1. The van der Waals surface area contributed by atoms with Crippen LogP contribution in [0.5, 0.6) is 5.75 Å². The molecule has 0 saturated carbocycles. The molecule has 0 bridgehead atoms. The fourth-order valence-electron chi connectivity index (χ4n) is 2.74. The van der Waals surface area contributed by atoms with Crippen LogP contribution >= 0.6 is 11.8 Å². The average molecular weight is 426 g/mol. The number of thioether (sulfide) groups is 1. The van der Waals surface area contributed by atoms with E-state index in [0.717, 1.165) is 11.3 Å². The van der Waals surface area contributed by atoms with Crippen LogP contribution in [0.2, 0.25) is 0 Å². The van der Waals surface area contributed by atoms with Crippen LogP contribution in [0.1, 0.15) is 40.2 Å². The second kappa shape index (κ2) is 9.34. The molecule has 0 aliphatic heterocycles. The zero-order chi connectivity index (χ0) is 21.7. The number of amides is 1. The lowest BCUT2D eigenvalue weighted by Gasteiger charge is -2.18. The Balaban J connectivity index is 1.60. The van der Waals surface area contributed by atoms with Gasteiger partial charge in [-0.15, -0.1) is 10.2 Å². The van der Waals surface area contributed by atoms with Gasteiger partial charge >= 0.3 is 0 Å². The summed E-state index contributed by atoms with van der Waals surface area (Å²) in [4.78, 5) is 12.5. The van der Waals surface area contributed by atoms with Crippen molar-refractivity contribution in [1.82, 2.24) is 10.2 Å². The predicted octanol–water partition coefficient (Wildman–Crippen LogP) is 5.55. The lowest BCUT2D eigenvalue weighted by molar-refractivity contribution is -0.115. The Bertz CT molecular complexity index is 976. The zero-order valence-electron chi connectivity index (χ0n) is 17.9. The summed E-state index contributed by atoms with van der Waals surface area (Å²) in [6.07, 6.45) is 0. The van der Waals surface area contributed by atoms with Gasteiger partial charge in [-0.2, -0.15) is 0 Å². The van der Waals surface area contributed by atoms with Crippen LogP contribution < -0.4 is 10.1 Å². The molecule has 3 rings (SSSR count). The smallest absolute Gasteiger partial charge is 0.277 e. The molecule has 6 nitrogen and oxygen atoms in total. The van der Waals surface area contributed by atoms with Crippen LogP contribution in [0, 0.1) is 0 Å². The summed E-state index contributed by atoms with van der Waals surface area (Å²) in [7, 11) is 0. The number of nitrogens with zero attached hydrogens (tertiary/aromatic N) is 2. The van der Waals surface area contributed by atoms with Gasteiger partial charge in [-0.05, 0) is 61.2 Å². The highest BCUT2D eigenvalue weighted by molar-refractivity contribution is 8.00. The molecule has 3 aromatic rings. The summed E-state index contributed by atoms with van der Waals surface area (Å²) in [5.41, 5.74) is 2.88. The van der Waals surface area contributed by atoms with Crippen LogP contribution in [0.15, 0.2) is 58.2 Å². The molecule has 158 valence electrons. The van der Waals surface area contributed by atoms with E-state index in [0.29, 0.717) is 23.4 Å². The first-order chi connectivity index (χ1) is 14.3. The lowest BCUT2D eigenvalue weighted by atomic mass is 9.87. The van der Waals surface area contributed by atoms with Crippen molar-refractivity contribution < 1.29 is 13.9 Å². The third-order valence-electron chi connectivity index (χ3n) is 4.48. The van der Waals surface area contributed by atoms with Crippen LogP contribution in [0.3, 0.4) is 0 Å². The topological polar surface area (TPSA) is 77.2 Å². The van der Waals surface area contributed by atoms with Gasteiger partial charge in [0.15, 0.2) is 0 Å². The van der Waals surface area contributed by atoms with E-state index >= 15 is 0 Å². The second-order valence-electron chi connectivity index (χ2n) is 7.91. The summed E-state index contributed by atoms with van der Waals surface area (Å²) < 4.78 is 11.2. The van der Waals surface area contributed by atoms with E-state index in [1.54, 1.807) is 6.92 Å². The number of hydrogen-bond acceptors (Lipinski definition) is 6. The highest BCUT2D eigenvalue weighted by atomic mass is 32.2. The predicted molar refractivity (Wildman–Crippen MR) is 120 cm³/mol. The van der Waals surface area contributed by atoms with Gasteiger partial charge in [0.25, 0.3) is 5.22 Å². The Kier molecular flexibility index (Phi) is 6.82. The highest BCUT2D eigenvalue weighted by Crippen LogP contribution is 2.29. The van der Waals surface area contributed by atoms with E-state index in [2.05, 4.69) is 48.4 Å². The number of benzene rings is 2. The molecule has 0 fully saturated rings. The molecular formula is C23H27N3O3S. The minimum absolute atomic E-state index is 0.0839. The van der Waals surface area contributed by atoms with Crippen molar-refractivity contribution in [3.8, 4) is 17.2 Å². The van der Waals surface area contributed by atoms with Crippen molar-refractivity contribution in [3.05, 3.63) is 54.1 Å². The van der Waals surface area contributed by atoms with Gasteiger partial charge in [-0.3, -0.25) is 4.79 Å². The third-order valence-corrected chi connectivity index (χ3v) is 5.42. The molecule has 2 aromatic carbocycles. The Morgan fingerprint density at radius 1 is 1.10 bits per heavy atom. The molecule has 1 unspecified atom stereocenters. The normalized spacial score (nSPS) is 12.4. The Hall–Kier alpha value is -2.80. The minimum Gasteiger partial charge on any atom is -0.494 e. The largest absolute Gasteiger partial charge is 0.494 e. The van der Waals surface area contributed by atoms with Crippen LogP contribution in [0.25, 0.3) is 11.5 Å². The number of nitrogens with one attached hydrogen (secondary N) is 1. The second-order valence-corrected chi connectivity index (χ2v) is 9.20. The van der Waals surface area contributed by atoms with Gasteiger partial charge < -0.3 is 14.5 Å². The summed E-state index contributed by atoms with van der Waals surface area (Å²) in [5.74, 6) is 1.07. The average Bonchev–Trinajstić information content (AvgIpc) is 3.17. The number of ether oxygens (including phenoxy) is 1. The van der Waals surface area contributed by atoms with Crippen molar-refractivity contribution in [2.45, 2.75) is 50.5 Å². The maximum atomic E-state index is 12.5. The highest BCUT2D eigenvalue weighted by Gasteiger charge is 2.19. The van der Waals surface area contributed by atoms with Crippen molar-refractivity contribution in [1.29, 1.82) is 0 Å². The molecule has 1 atom stereocenters. The third kappa shape index (κ3) is 5.63. The van der Waals surface area contributed by atoms with Crippen molar-refractivity contribution in [2.75, 3.05) is 11.9 Å². The van der Waals surface area contributed by atoms with Gasteiger partial charge in [0.2, 0.25) is 11.8 Å². The molecule has 0 aliphatic rings. The Labute approximate surface area is 181 Å².